The normalized spacial score (nSPS) is 7.67. The summed E-state index contributed by atoms with van der Waals surface area (Å²) in [6.07, 6.45) is 1.57. The summed E-state index contributed by atoms with van der Waals surface area (Å²) in [5.74, 6) is 0. The van der Waals surface area contributed by atoms with Crippen LogP contribution in [0.1, 0.15) is 0 Å². The number of thioether (sulfide) groups is 1. The molecule has 0 unspecified atom stereocenters. The molecule has 0 aromatic heterocycles. The highest BCUT2D eigenvalue weighted by Gasteiger charge is 1.87. The SMILES string of the molecule is CSC(=O)NO. The van der Waals surface area contributed by atoms with Crippen LogP contribution in [0, 0.1) is 0 Å². The van der Waals surface area contributed by atoms with E-state index in [0.29, 0.717) is 0 Å². The van der Waals surface area contributed by atoms with Crippen LogP contribution in [0.3, 0.4) is 0 Å². The lowest BCUT2D eigenvalue weighted by Gasteiger charge is -1.85. The van der Waals surface area contributed by atoms with Gasteiger partial charge in [-0.3, -0.25) is 10.0 Å². The van der Waals surface area contributed by atoms with Gasteiger partial charge >= 0.3 is 5.24 Å². The fourth-order valence-electron chi connectivity index (χ4n) is 0.0456. The maximum atomic E-state index is 9.78. The Bertz CT molecular complexity index is 49.5. The molecule has 0 aliphatic heterocycles. The lowest BCUT2D eigenvalue weighted by Crippen LogP contribution is -2.10. The highest BCUT2D eigenvalue weighted by molar-refractivity contribution is 8.12. The topological polar surface area (TPSA) is 49.3 Å². The summed E-state index contributed by atoms with van der Waals surface area (Å²) in [5.41, 5.74) is 1.44. The van der Waals surface area contributed by atoms with Gasteiger partial charge in [0.15, 0.2) is 0 Å². The minimum absolute atomic E-state index is 0.435. The van der Waals surface area contributed by atoms with Crippen molar-refractivity contribution in [2.24, 2.45) is 0 Å². The molecule has 0 aliphatic rings. The Hall–Kier alpha value is -0.220. The van der Waals surface area contributed by atoms with Gasteiger partial charge in [-0.25, -0.2) is 5.48 Å². The average molecular weight is 107 g/mol. The smallest absolute Gasteiger partial charge is 0.288 e. The highest BCUT2D eigenvalue weighted by atomic mass is 32.2. The van der Waals surface area contributed by atoms with E-state index in [2.05, 4.69) is 0 Å². The van der Waals surface area contributed by atoms with E-state index in [-0.39, 0.29) is 0 Å². The van der Waals surface area contributed by atoms with Crippen molar-refractivity contribution in [3.63, 3.8) is 0 Å². The zero-order valence-electron chi connectivity index (χ0n) is 3.26. The Morgan fingerprint density at radius 3 is 2.50 bits per heavy atom. The second kappa shape index (κ2) is 2.99. The quantitative estimate of drug-likeness (QED) is 0.349. The standard InChI is InChI=1S/C2H5NO2S/c1-6-2(4)3-5/h5H,1H3,(H,3,4). The number of rotatable bonds is 0. The third-order valence-electron chi connectivity index (χ3n) is 0.277. The fraction of sp³-hybridized carbons (Fsp3) is 0.500. The number of hydrogen-bond acceptors (Lipinski definition) is 3. The van der Waals surface area contributed by atoms with Crippen LogP contribution >= 0.6 is 11.8 Å². The number of nitrogens with one attached hydrogen (secondary N) is 1. The van der Waals surface area contributed by atoms with Crippen LogP contribution in [0.15, 0.2) is 0 Å². The van der Waals surface area contributed by atoms with Crippen LogP contribution in [0.25, 0.3) is 0 Å². The predicted molar refractivity (Wildman–Crippen MR) is 23.8 cm³/mol. The number of hydroxylamine groups is 1. The molecule has 0 fully saturated rings. The molecule has 1 amide bonds. The molecule has 0 saturated carbocycles. The molecule has 6 heavy (non-hydrogen) atoms. The maximum absolute atomic E-state index is 9.78. The second-order valence-corrected chi connectivity index (χ2v) is 1.38. The van der Waals surface area contributed by atoms with E-state index in [4.69, 9.17) is 5.21 Å². The van der Waals surface area contributed by atoms with Gasteiger partial charge in [0.25, 0.3) is 0 Å². The molecule has 0 rings (SSSR count). The third-order valence-corrected chi connectivity index (χ3v) is 0.739. The van der Waals surface area contributed by atoms with E-state index in [9.17, 15) is 4.79 Å². The van der Waals surface area contributed by atoms with Gasteiger partial charge in [-0.1, -0.05) is 11.8 Å². The van der Waals surface area contributed by atoms with Gasteiger partial charge in [0.2, 0.25) is 0 Å². The van der Waals surface area contributed by atoms with E-state index in [0.717, 1.165) is 11.8 Å². The molecule has 0 aromatic rings. The Morgan fingerprint density at radius 2 is 2.50 bits per heavy atom. The zero-order valence-corrected chi connectivity index (χ0v) is 4.08. The average Bonchev–Trinajstić information content (AvgIpc) is 1.65. The minimum atomic E-state index is -0.435. The van der Waals surface area contributed by atoms with Crippen molar-refractivity contribution in [2.75, 3.05) is 6.26 Å². The molecule has 0 aromatic carbocycles. The summed E-state index contributed by atoms with van der Waals surface area (Å²) in [7, 11) is 0. The van der Waals surface area contributed by atoms with Crippen LogP contribution in [-0.2, 0) is 0 Å². The van der Waals surface area contributed by atoms with E-state index < -0.39 is 5.24 Å². The number of carbonyl (C=O) groups excluding carboxylic acids is 1. The molecule has 2 N–H and O–H groups in total. The van der Waals surface area contributed by atoms with Crippen molar-refractivity contribution < 1.29 is 10.0 Å². The predicted octanol–water partition coefficient (Wildman–Crippen LogP) is 0.448. The zero-order chi connectivity index (χ0) is 4.99. The second-order valence-electron chi connectivity index (χ2n) is 0.603. The summed E-state index contributed by atoms with van der Waals surface area (Å²) in [6.45, 7) is 0. The molecular formula is C2H5NO2S. The first-order valence-electron chi connectivity index (χ1n) is 1.29. The van der Waals surface area contributed by atoms with Gasteiger partial charge in [0.1, 0.15) is 0 Å². The van der Waals surface area contributed by atoms with Gasteiger partial charge in [-0.15, -0.1) is 0 Å². The van der Waals surface area contributed by atoms with Crippen molar-refractivity contribution in [3.8, 4) is 0 Å². The van der Waals surface area contributed by atoms with Crippen LogP contribution in [0.2, 0.25) is 0 Å². The Balaban J connectivity index is 2.99. The monoisotopic (exact) mass is 107 g/mol. The molecule has 0 saturated heterocycles. The molecule has 0 radical (unpaired) electrons. The first kappa shape index (κ1) is 5.78. The molecule has 0 bridgehead atoms. The van der Waals surface area contributed by atoms with Gasteiger partial charge < -0.3 is 0 Å². The molecule has 0 heterocycles. The molecule has 0 spiro atoms. The Morgan fingerprint density at radius 1 is 2.00 bits per heavy atom. The van der Waals surface area contributed by atoms with Crippen molar-refractivity contribution in [2.45, 2.75) is 0 Å². The van der Waals surface area contributed by atoms with Gasteiger partial charge in [-0.05, 0) is 6.26 Å². The van der Waals surface area contributed by atoms with E-state index in [1.807, 2.05) is 0 Å². The lowest BCUT2D eigenvalue weighted by atomic mass is 11.4. The third kappa shape index (κ3) is 2.04. The summed E-state index contributed by atoms with van der Waals surface area (Å²) in [6, 6.07) is 0. The lowest BCUT2D eigenvalue weighted by molar-refractivity contribution is 0.181. The molecule has 0 aliphatic carbocycles. The Kier molecular flexibility index (Phi) is 2.88. The number of carbonyl (C=O) groups is 1. The summed E-state index contributed by atoms with van der Waals surface area (Å²) in [5, 5.41) is 7.28. The van der Waals surface area contributed by atoms with Crippen molar-refractivity contribution >= 4 is 17.0 Å². The first-order valence-corrected chi connectivity index (χ1v) is 2.51. The summed E-state index contributed by atoms with van der Waals surface area (Å²) < 4.78 is 0. The van der Waals surface area contributed by atoms with Crippen LogP contribution in [0.4, 0.5) is 4.79 Å². The molecule has 36 valence electrons. The largest absolute Gasteiger partial charge is 0.302 e. The minimum Gasteiger partial charge on any atom is -0.288 e. The molecule has 3 nitrogen and oxygen atoms in total. The van der Waals surface area contributed by atoms with Crippen LogP contribution < -0.4 is 5.48 Å². The molecule has 4 heteroatoms. The fourth-order valence-corrected chi connectivity index (χ4v) is 0.137. The number of amides is 1. The molecular weight excluding hydrogens is 102 g/mol. The maximum Gasteiger partial charge on any atom is 0.302 e. The summed E-state index contributed by atoms with van der Waals surface area (Å²) in [4.78, 5) is 9.78. The van der Waals surface area contributed by atoms with E-state index in [1.54, 1.807) is 6.26 Å². The van der Waals surface area contributed by atoms with Crippen LogP contribution in [-0.4, -0.2) is 16.7 Å². The Labute approximate surface area is 39.7 Å². The van der Waals surface area contributed by atoms with Gasteiger partial charge in [-0.2, -0.15) is 0 Å². The first-order chi connectivity index (χ1) is 2.81. The molecule has 0 atom stereocenters. The van der Waals surface area contributed by atoms with Gasteiger partial charge in [0, 0.05) is 0 Å². The number of hydrogen-bond donors (Lipinski definition) is 2. The summed E-state index contributed by atoms with van der Waals surface area (Å²) >= 11 is 0.925. The van der Waals surface area contributed by atoms with Crippen molar-refractivity contribution in [3.05, 3.63) is 0 Å². The van der Waals surface area contributed by atoms with Crippen LogP contribution in [0.5, 0.6) is 0 Å². The van der Waals surface area contributed by atoms with Gasteiger partial charge in [0.05, 0.1) is 0 Å². The van der Waals surface area contributed by atoms with E-state index >= 15 is 0 Å². The van der Waals surface area contributed by atoms with Crippen molar-refractivity contribution in [1.82, 2.24) is 5.48 Å². The van der Waals surface area contributed by atoms with Crippen molar-refractivity contribution in [1.29, 1.82) is 0 Å². The van der Waals surface area contributed by atoms with E-state index in [1.165, 1.54) is 5.48 Å². The highest BCUT2D eigenvalue weighted by Crippen LogP contribution is 1.88.